The molecule has 0 radical (unpaired) electrons. The van der Waals surface area contributed by atoms with Crippen LogP contribution in [0.25, 0.3) is 0 Å². The van der Waals surface area contributed by atoms with E-state index >= 15 is 0 Å². The Balaban J connectivity index is 1.99. The highest BCUT2D eigenvalue weighted by Crippen LogP contribution is 2.50. The van der Waals surface area contributed by atoms with E-state index in [2.05, 4.69) is 3.97 Å². The van der Waals surface area contributed by atoms with E-state index in [9.17, 15) is 25.8 Å². The van der Waals surface area contributed by atoms with Crippen LogP contribution in [-0.2, 0) is 20.3 Å². The topological polar surface area (TPSA) is 55.8 Å². The van der Waals surface area contributed by atoms with Crippen LogP contribution in [0.4, 0.5) is 28.7 Å². The first-order chi connectivity index (χ1) is 13.0. The lowest BCUT2D eigenvalue weighted by Gasteiger charge is -2.32. The predicted octanol–water partition coefficient (Wildman–Crippen LogP) is 5.67. The Kier molecular flexibility index (Phi) is 6.09. The van der Waals surface area contributed by atoms with E-state index in [4.69, 9.17) is 16.3 Å². The maximum Gasteiger partial charge on any atom is 0.416 e. The molecule has 0 amide bonds. The first kappa shape index (κ1) is 21.5. The van der Waals surface area contributed by atoms with Crippen molar-refractivity contribution < 1.29 is 34.5 Å². The number of ether oxygens (including phenoxy) is 1. The molecule has 0 fully saturated rings. The van der Waals surface area contributed by atoms with Crippen LogP contribution >= 0.6 is 28.7 Å². The molecule has 2 aromatic rings. The number of fused-ring (bicyclic) bond motifs is 1. The Hall–Kier alpha value is -1.18. The standard InChI is InChI=1S/C15H12ClF4NO4P2S/c16-11-7-9(15(17,18)19)1-3-12(11)21-5-6-24-14-8-10(2-4-13(14)21)28(22,23)25-27(20)26/h1-4,7-8H,5-6,26H2. The van der Waals surface area contributed by atoms with Gasteiger partial charge in [-0.3, -0.25) is 0 Å². The summed E-state index contributed by atoms with van der Waals surface area (Å²) < 4.78 is 85.3. The van der Waals surface area contributed by atoms with Crippen molar-refractivity contribution in [2.75, 3.05) is 18.1 Å². The summed E-state index contributed by atoms with van der Waals surface area (Å²) in [5, 5.41) is -0.117. The average Bonchev–Trinajstić information content (AvgIpc) is 2.59. The van der Waals surface area contributed by atoms with Gasteiger partial charge in [-0.25, -0.2) is 3.97 Å². The molecule has 1 aliphatic heterocycles. The SMILES string of the molecule is O=S(=O)(OP(F)P)c1ccc2c(c1)OCCN2c1ccc(C(F)(F)F)cc1Cl. The summed E-state index contributed by atoms with van der Waals surface area (Å²) >= 11 is 6.06. The molecule has 2 aromatic carbocycles. The first-order valence-corrected chi connectivity index (χ1v) is 12.1. The number of rotatable bonds is 4. The summed E-state index contributed by atoms with van der Waals surface area (Å²) in [5.74, 6) is 0.152. The minimum absolute atomic E-state index is 0.117. The molecule has 152 valence electrons. The lowest BCUT2D eigenvalue weighted by Crippen LogP contribution is -2.29. The van der Waals surface area contributed by atoms with E-state index in [-0.39, 0.29) is 28.8 Å². The molecule has 0 aromatic heterocycles. The molecule has 3 rings (SSSR count). The molecule has 2 atom stereocenters. The highest BCUT2D eigenvalue weighted by Gasteiger charge is 2.32. The Morgan fingerprint density at radius 3 is 2.46 bits per heavy atom. The van der Waals surface area contributed by atoms with Crippen molar-refractivity contribution in [1.82, 2.24) is 0 Å². The molecule has 2 unspecified atom stereocenters. The maximum atomic E-state index is 13.0. The molecule has 0 N–H and O–H groups in total. The number of benzene rings is 2. The third kappa shape index (κ3) is 4.52. The minimum atomic E-state index is -4.53. The normalized spacial score (nSPS) is 15.7. The summed E-state index contributed by atoms with van der Waals surface area (Å²) in [6.45, 7) is 0.413. The number of hydrogen-bond donors (Lipinski definition) is 0. The average molecular weight is 476 g/mol. The van der Waals surface area contributed by atoms with Gasteiger partial charge in [0.25, 0.3) is 8.15 Å². The van der Waals surface area contributed by atoms with Crippen molar-refractivity contribution in [3.8, 4) is 5.75 Å². The first-order valence-electron chi connectivity index (χ1n) is 7.55. The van der Waals surface area contributed by atoms with Crippen molar-refractivity contribution in [3.05, 3.63) is 47.0 Å². The number of anilines is 2. The van der Waals surface area contributed by atoms with Crippen LogP contribution in [-0.4, -0.2) is 21.6 Å². The Morgan fingerprint density at radius 2 is 1.86 bits per heavy atom. The lowest BCUT2D eigenvalue weighted by molar-refractivity contribution is -0.137. The van der Waals surface area contributed by atoms with E-state index < -0.39 is 30.0 Å². The molecule has 0 aliphatic carbocycles. The summed E-state index contributed by atoms with van der Waals surface area (Å²) in [7, 11) is -5.41. The van der Waals surface area contributed by atoms with Gasteiger partial charge in [-0.05, 0) is 39.3 Å². The van der Waals surface area contributed by atoms with Gasteiger partial charge >= 0.3 is 16.3 Å². The van der Waals surface area contributed by atoms with Gasteiger partial charge in [0.05, 0.1) is 33.4 Å². The Bertz CT molecular complexity index is 1000. The highest BCUT2D eigenvalue weighted by atomic mass is 35.5. The van der Waals surface area contributed by atoms with E-state index in [1.54, 1.807) is 13.8 Å². The van der Waals surface area contributed by atoms with Gasteiger partial charge in [-0.2, -0.15) is 25.8 Å². The fraction of sp³-hybridized carbons (Fsp3) is 0.200. The van der Waals surface area contributed by atoms with Crippen LogP contribution in [0, 0.1) is 0 Å². The summed E-state index contributed by atoms with van der Waals surface area (Å²) in [6, 6.07) is 6.71. The van der Waals surface area contributed by atoms with Crippen molar-refractivity contribution in [2.45, 2.75) is 11.1 Å². The number of nitrogens with zero attached hydrogens (tertiary/aromatic N) is 1. The van der Waals surface area contributed by atoms with Gasteiger partial charge in [0, 0.05) is 6.07 Å². The number of hydrogen-bond acceptors (Lipinski definition) is 5. The minimum Gasteiger partial charge on any atom is -0.489 e. The third-order valence-corrected chi connectivity index (χ3v) is 7.08. The van der Waals surface area contributed by atoms with Crippen molar-refractivity contribution in [3.63, 3.8) is 0 Å². The molecule has 0 saturated carbocycles. The number of alkyl halides is 3. The number of halogens is 5. The molecule has 28 heavy (non-hydrogen) atoms. The molecular weight excluding hydrogens is 464 g/mol. The summed E-state index contributed by atoms with van der Waals surface area (Å²) in [4.78, 5) is 1.30. The van der Waals surface area contributed by atoms with E-state index in [1.807, 2.05) is 0 Å². The van der Waals surface area contributed by atoms with Crippen LogP contribution in [0.15, 0.2) is 41.3 Å². The monoisotopic (exact) mass is 475 g/mol. The Morgan fingerprint density at radius 1 is 1.18 bits per heavy atom. The molecule has 1 aliphatic rings. The van der Waals surface area contributed by atoms with E-state index in [0.29, 0.717) is 11.4 Å². The van der Waals surface area contributed by atoms with Gasteiger partial charge in [-0.15, -0.1) is 0 Å². The third-order valence-electron chi connectivity index (χ3n) is 3.82. The molecule has 5 nitrogen and oxygen atoms in total. The molecule has 0 saturated heterocycles. The quantitative estimate of drug-likeness (QED) is 0.421. The zero-order valence-corrected chi connectivity index (χ0v) is 17.4. The van der Waals surface area contributed by atoms with Crippen LogP contribution in [0.5, 0.6) is 5.75 Å². The summed E-state index contributed by atoms with van der Waals surface area (Å²) in [6.07, 6.45) is -4.53. The van der Waals surface area contributed by atoms with Crippen LogP contribution in [0.3, 0.4) is 0 Å². The fourth-order valence-electron chi connectivity index (χ4n) is 2.65. The lowest BCUT2D eigenvalue weighted by atomic mass is 10.1. The Labute approximate surface area is 166 Å². The molecule has 1 heterocycles. The van der Waals surface area contributed by atoms with Gasteiger partial charge in [0.1, 0.15) is 12.4 Å². The van der Waals surface area contributed by atoms with Gasteiger partial charge in [0.15, 0.2) is 0 Å². The molecule has 0 bridgehead atoms. The molecule has 0 spiro atoms. The van der Waals surface area contributed by atoms with Crippen LogP contribution < -0.4 is 9.64 Å². The van der Waals surface area contributed by atoms with Gasteiger partial charge < -0.3 is 9.64 Å². The van der Waals surface area contributed by atoms with Crippen molar-refractivity contribution in [2.24, 2.45) is 0 Å². The highest BCUT2D eigenvalue weighted by molar-refractivity contribution is 8.12. The van der Waals surface area contributed by atoms with Crippen LogP contribution in [0.2, 0.25) is 5.02 Å². The van der Waals surface area contributed by atoms with E-state index in [1.165, 1.54) is 18.2 Å². The molecular formula is C15H12ClF4NO4P2S. The van der Waals surface area contributed by atoms with Crippen molar-refractivity contribution >= 4 is 50.2 Å². The summed E-state index contributed by atoms with van der Waals surface area (Å²) in [5.41, 5.74) is -0.169. The zero-order chi connectivity index (χ0) is 20.7. The smallest absolute Gasteiger partial charge is 0.416 e. The zero-order valence-electron chi connectivity index (χ0n) is 13.8. The van der Waals surface area contributed by atoms with Gasteiger partial charge in [-0.1, -0.05) is 11.6 Å². The van der Waals surface area contributed by atoms with Crippen LogP contribution in [0.1, 0.15) is 5.56 Å². The van der Waals surface area contributed by atoms with Crippen molar-refractivity contribution in [1.29, 1.82) is 0 Å². The van der Waals surface area contributed by atoms with E-state index in [0.717, 1.165) is 18.2 Å². The second-order valence-electron chi connectivity index (χ2n) is 5.59. The fourth-order valence-corrected chi connectivity index (χ4v) is 5.53. The predicted molar refractivity (Wildman–Crippen MR) is 101 cm³/mol. The second-order valence-corrected chi connectivity index (χ2v) is 9.74. The molecule has 13 heteroatoms. The van der Waals surface area contributed by atoms with Gasteiger partial charge in [0.2, 0.25) is 0 Å². The second kappa shape index (κ2) is 7.92. The largest absolute Gasteiger partial charge is 0.489 e. The maximum absolute atomic E-state index is 13.0.